The van der Waals surface area contributed by atoms with Gasteiger partial charge in [-0.05, 0) is 44.1 Å². The molecule has 2 N–H and O–H groups in total. The van der Waals surface area contributed by atoms with Gasteiger partial charge in [0.25, 0.3) is 5.91 Å². The maximum atomic E-state index is 13.0. The van der Waals surface area contributed by atoms with E-state index in [1.54, 1.807) is 6.92 Å². The number of nitrogens with one attached hydrogen (secondary N) is 2. The smallest absolute Gasteiger partial charge is 0.255 e. The maximum absolute atomic E-state index is 13.0. The average molecular weight is 423 g/mol. The lowest BCUT2D eigenvalue weighted by molar-refractivity contribution is 0.0953. The van der Waals surface area contributed by atoms with Gasteiger partial charge in [-0.1, -0.05) is 6.07 Å². The third-order valence-corrected chi connectivity index (χ3v) is 5.75. The summed E-state index contributed by atoms with van der Waals surface area (Å²) in [6, 6.07) is 5.79. The molecule has 1 saturated carbocycles. The van der Waals surface area contributed by atoms with Crippen molar-refractivity contribution in [2.45, 2.75) is 38.6 Å². The first kappa shape index (κ1) is 19.0. The van der Waals surface area contributed by atoms with Crippen molar-refractivity contribution in [1.29, 1.82) is 0 Å². The van der Waals surface area contributed by atoms with Gasteiger partial charge in [-0.25, -0.2) is 15.0 Å². The van der Waals surface area contributed by atoms with Gasteiger partial charge in [0.15, 0.2) is 11.5 Å². The highest BCUT2D eigenvalue weighted by Crippen LogP contribution is 2.40. The Hall–Kier alpha value is -2.99. The Balaban J connectivity index is 1.34. The molecule has 8 nitrogen and oxygen atoms in total. The van der Waals surface area contributed by atoms with Crippen molar-refractivity contribution < 1.29 is 13.6 Å². The van der Waals surface area contributed by atoms with Gasteiger partial charge >= 0.3 is 0 Å². The third-order valence-electron chi connectivity index (χ3n) is 5.39. The minimum atomic E-state index is -0.228. The molecule has 1 aromatic carbocycles. The number of fused-ring (bicyclic) bond motifs is 2. The van der Waals surface area contributed by atoms with E-state index in [0.29, 0.717) is 47.1 Å². The standard InChI is InChI=1S/C21H22N5O3P/c1-11-16(17-18(26-21(2)6-7-21)23-10-24-20(17)28-11)19(27)22-8-5-15-25-13-9-12(30)3-4-14(13)29-15/h3-4,9-10H,5-8,30H2,1-2H3,(H,22,27)(H,23,24,26). The summed E-state index contributed by atoms with van der Waals surface area (Å²) < 4.78 is 11.5. The number of carbonyl (C=O) groups excluding carboxylic acids is 1. The van der Waals surface area contributed by atoms with Gasteiger partial charge in [0.1, 0.15) is 23.4 Å². The lowest BCUT2D eigenvalue weighted by Gasteiger charge is -2.13. The molecular formula is C21H22N5O3P. The van der Waals surface area contributed by atoms with E-state index < -0.39 is 0 Å². The summed E-state index contributed by atoms with van der Waals surface area (Å²) in [7, 11) is 2.64. The molecular weight excluding hydrogens is 401 g/mol. The molecule has 9 heteroatoms. The van der Waals surface area contributed by atoms with Crippen LogP contribution >= 0.6 is 9.24 Å². The van der Waals surface area contributed by atoms with Gasteiger partial charge in [0.05, 0.1) is 10.9 Å². The van der Waals surface area contributed by atoms with E-state index in [1.807, 2.05) is 18.2 Å². The molecule has 0 radical (unpaired) electrons. The molecule has 3 aromatic heterocycles. The fourth-order valence-corrected chi connectivity index (χ4v) is 3.74. The molecule has 1 unspecified atom stereocenters. The SMILES string of the molecule is Cc1oc2ncnc(NC3(C)CC3)c2c1C(=O)NCCc1nc2cc(P)ccc2o1. The number of hydrogen-bond donors (Lipinski definition) is 2. The largest absolute Gasteiger partial charge is 0.442 e. The zero-order valence-electron chi connectivity index (χ0n) is 16.8. The molecule has 0 aliphatic heterocycles. The van der Waals surface area contributed by atoms with Crippen molar-refractivity contribution in [2.75, 3.05) is 11.9 Å². The molecule has 1 amide bonds. The van der Waals surface area contributed by atoms with Gasteiger partial charge in [-0.3, -0.25) is 4.79 Å². The monoisotopic (exact) mass is 423 g/mol. The fraction of sp³-hybridized carbons (Fsp3) is 0.333. The molecule has 1 aliphatic rings. The number of amides is 1. The van der Waals surface area contributed by atoms with Crippen molar-refractivity contribution in [1.82, 2.24) is 20.3 Å². The maximum Gasteiger partial charge on any atom is 0.255 e. The van der Waals surface area contributed by atoms with Crippen LogP contribution in [0.4, 0.5) is 5.82 Å². The van der Waals surface area contributed by atoms with Crippen LogP contribution in [-0.2, 0) is 6.42 Å². The van der Waals surface area contributed by atoms with Gasteiger partial charge in [0.2, 0.25) is 5.71 Å². The number of benzene rings is 1. The zero-order valence-corrected chi connectivity index (χ0v) is 17.9. The van der Waals surface area contributed by atoms with Crippen molar-refractivity contribution in [3.05, 3.63) is 41.7 Å². The Morgan fingerprint density at radius 3 is 2.90 bits per heavy atom. The van der Waals surface area contributed by atoms with Crippen LogP contribution < -0.4 is 15.9 Å². The van der Waals surface area contributed by atoms with E-state index in [-0.39, 0.29) is 11.4 Å². The number of aromatic nitrogens is 3. The van der Waals surface area contributed by atoms with E-state index in [4.69, 9.17) is 8.83 Å². The van der Waals surface area contributed by atoms with Crippen LogP contribution in [0.5, 0.6) is 0 Å². The molecule has 4 aromatic rings. The number of nitrogens with zero attached hydrogens (tertiary/aromatic N) is 3. The van der Waals surface area contributed by atoms with E-state index in [1.165, 1.54) is 6.33 Å². The predicted octanol–water partition coefficient (Wildman–Crippen LogP) is 3.11. The Morgan fingerprint density at radius 2 is 2.10 bits per heavy atom. The Bertz CT molecular complexity index is 1270. The van der Waals surface area contributed by atoms with E-state index in [9.17, 15) is 4.79 Å². The molecule has 0 saturated heterocycles. The number of furan rings is 1. The van der Waals surface area contributed by atoms with Crippen molar-refractivity contribution in [3.63, 3.8) is 0 Å². The topological polar surface area (TPSA) is 106 Å². The highest BCUT2D eigenvalue weighted by molar-refractivity contribution is 7.27. The Kier molecular flexibility index (Phi) is 4.47. The first-order valence-corrected chi connectivity index (χ1v) is 10.4. The van der Waals surface area contributed by atoms with E-state index in [0.717, 1.165) is 29.2 Å². The summed E-state index contributed by atoms with van der Waals surface area (Å²) in [6.45, 7) is 4.29. The molecule has 3 heterocycles. The van der Waals surface area contributed by atoms with Crippen LogP contribution in [0.15, 0.2) is 33.4 Å². The summed E-state index contributed by atoms with van der Waals surface area (Å²) in [5.41, 5.74) is 2.43. The minimum absolute atomic E-state index is 0.0179. The van der Waals surface area contributed by atoms with Crippen LogP contribution in [-0.4, -0.2) is 32.9 Å². The molecule has 1 atom stereocenters. The number of hydrogen-bond acceptors (Lipinski definition) is 7. The minimum Gasteiger partial charge on any atom is -0.442 e. The molecule has 0 spiro atoms. The van der Waals surface area contributed by atoms with Crippen LogP contribution in [0.1, 0.15) is 41.8 Å². The van der Waals surface area contributed by atoms with Crippen molar-refractivity contribution in [2.24, 2.45) is 0 Å². The van der Waals surface area contributed by atoms with Crippen LogP contribution in [0.3, 0.4) is 0 Å². The second-order valence-electron chi connectivity index (χ2n) is 7.96. The molecule has 30 heavy (non-hydrogen) atoms. The van der Waals surface area contributed by atoms with E-state index in [2.05, 4.69) is 41.7 Å². The summed E-state index contributed by atoms with van der Waals surface area (Å²) in [4.78, 5) is 26.0. The summed E-state index contributed by atoms with van der Waals surface area (Å²) in [6.07, 6.45) is 4.08. The normalized spacial score (nSPS) is 14.9. The molecule has 0 bridgehead atoms. The summed E-state index contributed by atoms with van der Waals surface area (Å²) >= 11 is 0. The van der Waals surface area contributed by atoms with Crippen molar-refractivity contribution in [3.8, 4) is 0 Å². The zero-order chi connectivity index (χ0) is 20.9. The highest BCUT2D eigenvalue weighted by Gasteiger charge is 2.38. The first-order chi connectivity index (χ1) is 14.4. The summed E-state index contributed by atoms with van der Waals surface area (Å²) in [5.74, 6) is 1.51. The number of carbonyl (C=O) groups is 1. The molecule has 5 rings (SSSR count). The lowest BCUT2D eigenvalue weighted by atomic mass is 10.1. The first-order valence-electron chi connectivity index (χ1n) is 9.87. The third kappa shape index (κ3) is 3.52. The number of oxazole rings is 1. The second kappa shape index (κ2) is 7.06. The highest BCUT2D eigenvalue weighted by atomic mass is 31.0. The number of aryl methyl sites for hydroxylation is 1. The van der Waals surface area contributed by atoms with Gasteiger partial charge in [0, 0.05) is 18.5 Å². The van der Waals surface area contributed by atoms with Crippen LogP contribution in [0.2, 0.25) is 0 Å². The van der Waals surface area contributed by atoms with Crippen LogP contribution in [0, 0.1) is 6.92 Å². The van der Waals surface area contributed by atoms with Gasteiger partial charge in [-0.2, -0.15) is 0 Å². The second-order valence-corrected chi connectivity index (χ2v) is 8.63. The van der Waals surface area contributed by atoms with Gasteiger partial charge in [-0.15, -0.1) is 9.24 Å². The molecule has 1 fully saturated rings. The summed E-state index contributed by atoms with van der Waals surface area (Å²) in [5, 5.41) is 8.04. The van der Waals surface area contributed by atoms with Crippen molar-refractivity contribution >= 4 is 48.5 Å². The quantitative estimate of drug-likeness (QED) is 0.459. The van der Waals surface area contributed by atoms with E-state index >= 15 is 0 Å². The lowest BCUT2D eigenvalue weighted by Crippen LogP contribution is -2.26. The fourth-order valence-electron chi connectivity index (χ4n) is 3.48. The number of rotatable bonds is 6. The predicted molar refractivity (Wildman–Crippen MR) is 117 cm³/mol. The molecule has 1 aliphatic carbocycles. The van der Waals surface area contributed by atoms with Gasteiger partial charge < -0.3 is 19.5 Å². The molecule has 154 valence electrons. The Labute approximate surface area is 175 Å². The Morgan fingerprint density at radius 1 is 1.27 bits per heavy atom. The number of anilines is 1. The average Bonchev–Trinajstić information content (AvgIpc) is 3.13. The van der Waals surface area contributed by atoms with Crippen LogP contribution in [0.25, 0.3) is 22.2 Å².